The average Bonchev–Trinajstić information content (AvgIpc) is 3.29. The highest BCUT2D eigenvalue weighted by molar-refractivity contribution is 5.95. The van der Waals surface area contributed by atoms with Gasteiger partial charge in [-0.05, 0) is 54.8 Å². The first-order valence-electron chi connectivity index (χ1n) is 11.2. The number of nitrogens with zero attached hydrogens (tertiary/aromatic N) is 1. The van der Waals surface area contributed by atoms with E-state index in [2.05, 4.69) is 22.1 Å². The van der Waals surface area contributed by atoms with Gasteiger partial charge >= 0.3 is 0 Å². The highest BCUT2D eigenvalue weighted by Crippen LogP contribution is 2.34. The number of aromatic amines is 1. The van der Waals surface area contributed by atoms with Crippen LogP contribution in [0.5, 0.6) is 17.2 Å². The molecule has 2 N–H and O–H groups in total. The number of benzene rings is 2. The van der Waals surface area contributed by atoms with E-state index in [1.54, 1.807) is 19.4 Å². The second-order valence-electron chi connectivity index (χ2n) is 8.01. The van der Waals surface area contributed by atoms with Crippen molar-refractivity contribution in [3.8, 4) is 28.4 Å². The van der Waals surface area contributed by atoms with Crippen LogP contribution in [0, 0.1) is 12.8 Å². The summed E-state index contributed by atoms with van der Waals surface area (Å²) < 4.78 is 22.5. The SMILES string of the molecule is C=CCOCCOc1cc(-c2cn[nH]c2C)ccc1NC(=O)[C@H]1COc2ccc(OC)cc2C1. The summed E-state index contributed by atoms with van der Waals surface area (Å²) in [7, 11) is 1.62. The molecule has 0 spiro atoms. The molecule has 34 heavy (non-hydrogen) atoms. The molecule has 1 atom stereocenters. The highest BCUT2D eigenvalue weighted by atomic mass is 16.5. The molecule has 0 bridgehead atoms. The van der Waals surface area contributed by atoms with Crippen molar-refractivity contribution in [2.24, 2.45) is 5.92 Å². The minimum absolute atomic E-state index is 0.131. The lowest BCUT2D eigenvalue weighted by atomic mass is 9.95. The molecule has 0 unspecified atom stereocenters. The number of carbonyl (C=O) groups is 1. The van der Waals surface area contributed by atoms with Crippen LogP contribution < -0.4 is 19.5 Å². The summed E-state index contributed by atoms with van der Waals surface area (Å²) in [6.45, 7) is 7.10. The number of nitrogens with one attached hydrogen (secondary N) is 2. The lowest BCUT2D eigenvalue weighted by Gasteiger charge is -2.25. The number of H-pyrrole nitrogens is 1. The van der Waals surface area contributed by atoms with Gasteiger partial charge in [0.1, 0.15) is 30.5 Å². The number of fused-ring (bicyclic) bond motifs is 1. The molecule has 1 aliphatic rings. The third-order valence-corrected chi connectivity index (χ3v) is 5.65. The van der Waals surface area contributed by atoms with Gasteiger partial charge in [0.25, 0.3) is 0 Å². The van der Waals surface area contributed by atoms with Crippen LogP contribution in [-0.2, 0) is 16.0 Å². The van der Waals surface area contributed by atoms with Gasteiger partial charge in [0.15, 0.2) is 0 Å². The van der Waals surface area contributed by atoms with Crippen LogP contribution in [0.1, 0.15) is 11.3 Å². The minimum atomic E-state index is -0.334. The summed E-state index contributed by atoms with van der Waals surface area (Å²) in [5, 5.41) is 10.1. The number of methoxy groups -OCH3 is 1. The van der Waals surface area contributed by atoms with Gasteiger partial charge in [-0.2, -0.15) is 5.10 Å². The molecule has 2 aromatic carbocycles. The van der Waals surface area contributed by atoms with E-state index in [1.807, 2.05) is 43.3 Å². The van der Waals surface area contributed by atoms with Gasteiger partial charge in [-0.1, -0.05) is 12.1 Å². The van der Waals surface area contributed by atoms with E-state index in [0.29, 0.717) is 44.3 Å². The van der Waals surface area contributed by atoms with Gasteiger partial charge in [0.2, 0.25) is 5.91 Å². The van der Waals surface area contributed by atoms with Crippen molar-refractivity contribution in [1.82, 2.24) is 10.2 Å². The number of amides is 1. The zero-order valence-corrected chi connectivity index (χ0v) is 19.4. The van der Waals surface area contributed by atoms with E-state index in [-0.39, 0.29) is 11.8 Å². The molecule has 8 heteroatoms. The molecule has 0 radical (unpaired) electrons. The first kappa shape index (κ1) is 23.4. The summed E-state index contributed by atoms with van der Waals surface area (Å²) in [5.41, 5.74) is 4.40. The summed E-state index contributed by atoms with van der Waals surface area (Å²) in [6.07, 6.45) is 4.02. The average molecular weight is 464 g/mol. The molecular formula is C26H29N3O5. The van der Waals surface area contributed by atoms with Crippen LogP contribution in [-0.4, -0.2) is 49.6 Å². The molecule has 8 nitrogen and oxygen atoms in total. The number of anilines is 1. The second kappa shape index (κ2) is 10.9. The van der Waals surface area contributed by atoms with Crippen LogP contribution in [0.4, 0.5) is 5.69 Å². The van der Waals surface area contributed by atoms with Gasteiger partial charge in [0.05, 0.1) is 38.1 Å². The Hall–Kier alpha value is -3.78. The molecule has 0 saturated carbocycles. The molecule has 4 rings (SSSR count). The van der Waals surface area contributed by atoms with Crippen LogP contribution in [0.2, 0.25) is 0 Å². The Morgan fingerprint density at radius 1 is 1.29 bits per heavy atom. The van der Waals surface area contributed by atoms with Crippen molar-refractivity contribution in [2.45, 2.75) is 13.3 Å². The molecule has 0 fully saturated rings. The Labute approximate surface area is 198 Å². The highest BCUT2D eigenvalue weighted by Gasteiger charge is 2.27. The summed E-state index contributed by atoms with van der Waals surface area (Å²) in [6, 6.07) is 11.3. The topological polar surface area (TPSA) is 94.7 Å². The number of hydrogen-bond acceptors (Lipinski definition) is 6. The fourth-order valence-electron chi connectivity index (χ4n) is 3.83. The van der Waals surface area contributed by atoms with Gasteiger partial charge in [0, 0.05) is 11.3 Å². The lowest BCUT2D eigenvalue weighted by Crippen LogP contribution is -2.32. The molecule has 3 aromatic rings. The van der Waals surface area contributed by atoms with Crippen molar-refractivity contribution in [1.29, 1.82) is 0 Å². The summed E-state index contributed by atoms with van der Waals surface area (Å²) in [5.74, 6) is 1.62. The fraction of sp³-hybridized carbons (Fsp3) is 0.308. The largest absolute Gasteiger partial charge is 0.497 e. The summed E-state index contributed by atoms with van der Waals surface area (Å²) >= 11 is 0. The second-order valence-corrected chi connectivity index (χ2v) is 8.01. The van der Waals surface area contributed by atoms with Gasteiger partial charge in [-0.25, -0.2) is 0 Å². The predicted octanol–water partition coefficient (Wildman–Crippen LogP) is 4.16. The number of aromatic nitrogens is 2. The van der Waals surface area contributed by atoms with E-state index >= 15 is 0 Å². The van der Waals surface area contributed by atoms with Crippen LogP contribution in [0.15, 0.2) is 55.3 Å². The van der Waals surface area contributed by atoms with Crippen molar-refractivity contribution < 1.29 is 23.7 Å². The maximum atomic E-state index is 13.1. The Balaban J connectivity index is 1.50. The zero-order valence-electron chi connectivity index (χ0n) is 19.4. The third-order valence-electron chi connectivity index (χ3n) is 5.65. The first-order chi connectivity index (χ1) is 16.6. The molecule has 178 valence electrons. The Morgan fingerprint density at radius 3 is 2.94 bits per heavy atom. The Morgan fingerprint density at radius 2 is 2.18 bits per heavy atom. The van der Waals surface area contributed by atoms with Crippen molar-refractivity contribution in [3.05, 3.63) is 66.5 Å². The lowest BCUT2D eigenvalue weighted by molar-refractivity contribution is -0.121. The van der Waals surface area contributed by atoms with Gasteiger partial charge < -0.3 is 24.3 Å². The van der Waals surface area contributed by atoms with E-state index in [4.69, 9.17) is 18.9 Å². The van der Waals surface area contributed by atoms with Crippen LogP contribution >= 0.6 is 0 Å². The Bertz CT molecular complexity index is 1160. The standard InChI is InChI=1S/C26H29N3O5/c1-4-9-32-10-11-33-25-14-18(22-15-27-29-17(22)2)5-7-23(25)28-26(30)20-12-19-13-21(31-3)6-8-24(19)34-16-20/h4-8,13-15,20H,1,9-12,16H2,2-3H3,(H,27,29)(H,28,30)/t20-/m1/s1. The van der Waals surface area contributed by atoms with Gasteiger partial charge in [-0.15, -0.1) is 6.58 Å². The number of aryl methyl sites for hydroxylation is 1. The minimum Gasteiger partial charge on any atom is -0.497 e. The number of hydrogen-bond donors (Lipinski definition) is 2. The normalized spacial score (nSPS) is 14.6. The fourth-order valence-corrected chi connectivity index (χ4v) is 3.83. The molecule has 1 aromatic heterocycles. The monoisotopic (exact) mass is 463 g/mol. The van der Waals surface area contributed by atoms with E-state index in [0.717, 1.165) is 33.9 Å². The molecule has 1 amide bonds. The maximum Gasteiger partial charge on any atom is 0.231 e. The molecule has 0 aliphatic carbocycles. The summed E-state index contributed by atoms with van der Waals surface area (Å²) in [4.78, 5) is 13.1. The van der Waals surface area contributed by atoms with Crippen LogP contribution in [0.25, 0.3) is 11.1 Å². The molecule has 2 heterocycles. The number of carbonyl (C=O) groups excluding carboxylic acids is 1. The van der Waals surface area contributed by atoms with E-state index in [9.17, 15) is 4.79 Å². The first-order valence-corrected chi connectivity index (χ1v) is 11.2. The zero-order chi connectivity index (χ0) is 23.9. The predicted molar refractivity (Wildman–Crippen MR) is 130 cm³/mol. The van der Waals surface area contributed by atoms with E-state index in [1.165, 1.54) is 0 Å². The van der Waals surface area contributed by atoms with Crippen molar-refractivity contribution in [2.75, 3.05) is 38.9 Å². The number of ether oxygens (including phenoxy) is 4. The van der Waals surface area contributed by atoms with Crippen molar-refractivity contribution in [3.63, 3.8) is 0 Å². The number of rotatable bonds is 10. The Kier molecular flexibility index (Phi) is 7.49. The maximum absolute atomic E-state index is 13.1. The molecule has 0 saturated heterocycles. The van der Waals surface area contributed by atoms with Gasteiger partial charge in [-0.3, -0.25) is 9.89 Å². The molecule has 1 aliphatic heterocycles. The van der Waals surface area contributed by atoms with Crippen molar-refractivity contribution >= 4 is 11.6 Å². The quantitative estimate of drug-likeness (QED) is 0.346. The molecular weight excluding hydrogens is 434 g/mol. The van der Waals surface area contributed by atoms with E-state index < -0.39 is 0 Å². The third kappa shape index (κ3) is 5.40. The smallest absolute Gasteiger partial charge is 0.231 e. The van der Waals surface area contributed by atoms with Crippen LogP contribution in [0.3, 0.4) is 0 Å².